The van der Waals surface area contributed by atoms with Crippen LogP contribution in [-0.4, -0.2) is 0 Å². The van der Waals surface area contributed by atoms with Crippen molar-refractivity contribution in [3.63, 3.8) is 0 Å². The van der Waals surface area contributed by atoms with Gasteiger partial charge in [0.2, 0.25) is 0 Å². The first-order valence-electron chi connectivity index (χ1n) is 3.10. The van der Waals surface area contributed by atoms with E-state index in [4.69, 9.17) is 15.4 Å². The van der Waals surface area contributed by atoms with Crippen molar-refractivity contribution in [2.45, 2.75) is 12.5 Å². The number of halogens is 1. The Hall–Kier alpha value is -1.34. The minimum atomic E-state index is -0.524. The lowest BCUT2D eigenvalue weighted by atomic mass is 10.2. The van der Waals surface area contributed by atoms with Crippen LogP contribution in [0, 0.1) is 17.1 Å². The van der Waals surface area contributed by atoms with Crippen LogP contribution in [0.2, 0.25) is 0 Å². The molecule has 0 spiro atoms. The van der Waals surface area contributed by atoms with Gasteiger partial charge in [-0.25, -0.2) is 4.39 Å². The van der Waals surface area contributed by atoms with Crippen molar-refractivity contribution >= 4 is 0 Å². The molecule has 4 heteroatoms. The third kappa shape index (κ3) is 1.79. The molecule has 1 aromatic rings. The molecule has 0 aliphatic heterocycles. The topological polar surface area (TPSA) is 63.0 Å². The summed E-state index contributed by atoms with van der Waals surface area (Å²) in [4.78, 5) is 0. The number of rotatable bonds is 2. The number of hydrogen-bond donors (Lipinski definition) is 1. The van der Waals surface area contributed by atoms with Crippen molar-refractivity contribution in [2.24, 2.45) is 5.73 Å². The standard InChI is InChI=1S/C7H7FN2O/c8-5-3-7(11-4-5)6(10)1-2-9/h3-4,6H,1,10H2/t6-/m0/s1. The Balaban J connectivity index is 2.70. The molecule has 3 nitrogen and oxygen atoms in total. The molecule has 0 amide bonds. The molecule has 0 saturated carbocycles. The van der Waals surface area contributed by atoms with Gasteiger partial charge in [-0.15, -0.1) is 0 Å². The van der Waals surface area contributed by atoms with Crippen molar-refractivity contribution in [1.82, 2.24) is 0 Å². The van der Waals surface area contributed by atoms with Crippen LogP contribution >= 0.6 is 0 Å². The van der Waals surface area contributed by atoms with Gasteiger partial charge in [0, 0.05) is 6.07 Å². The van der Waals surface area contributed by atoms with E-state index in [0.717, 1.165) is 6.26 Å². The SMILES string of the molecule is N#CC[C@H](N)c1cc(F)co1. The van der Waals surface area contributed by atoms with Crippen molar-refractivity contribution < 1.29 is 8.81 Å². The maximum absolute atomic E-state index is 12.3. The monoisotopic (exact) mass is 154 g/mol. The highest BCUT2D eigenvalue weighted by Gasteiger charge is 2.09. The number of furan rings is 1. The molecular formula is C7H7FN2O. The van der Waals surface area contributed by atoms with E-state index in [0.29, 0.717) is 5.76 Å². The number of hydrogen-bond acceptors (Lipinski definition) is 3. The fourth-order valence-electron chi connectivity index (χ4n) is 0.722. The summed E-state index contributed by atoms with van der Waals surface area (Å²) in [5, 5.41) is 8.24. The highest BCUT2D eigenvalue weighted by atomic mass is 19.1. The van der Waals surface area contributed by atoms with Crippen molar-refractivity contribution in [1.29, 1.82) is 5.26 Å². The Morgan fingerprint density at radius 3 is 3.00 bits per heavy atom. The smallest absolute Gasteiger partial charge is 0.161 e. The maximum Gasteiger partial charge on any atom is 0.161 e. The summed E-state index contributed by atoms with van der Waals surface area (Å²) in [7, 11) is 0. The van der Waals surface area contributed by atoms with Crippen LogP contribution in [0.25, 0.3) is 0 Å². The minimum Gasteiger partial charge on any atom is -0.464 e. The first-order valence-corrected chi connectivity index (χ1v) is 3.10. The van der Waals surface area contributed by atoms with E-state index in [1.807, 2.05) is 6.07 Å². The molecule has 2 N–H and O–H groups in total. The molecule has 0 unspecified atom stereocenters. The van der Waals surface area contributed by atoms with Crippen LogP contribution in [0.5, 0.6) is 0 Å². The maximum atomic E-state index is 12.3. The average Bonchev–Trinajstić information content (AvgIpc) is 2.36. The first kappa shape index (κ1) is 7.76. The molecule has 1 atom stereocenters. The number of nitrogens with two attached hydrogens (primary N) is 1. The fourth-order valence-corrected chi connectivity index (χ4v) is 0.722. The highest BCUT2D eigenvalue weighted by Crippen LogP contribution is 2.15. The Morgan fingerprint density at radius 1 is 1.82 bits per heavy atom. The van der Waals surface area contributed by atoms with Crippen LogP contribution in [-0.2, 0) is 0 Å². The summed E-state index contributed by atoms with van der Waals surface area (Å²) in [6, 6.07) is 2.53. The van der Waals surface area contributed by atoms with Crippen LogP contribution in [0.15, 0.2) is 16.7 Å². The molecule has 0 aliphatic carbocycles. The summed E-state index contributed by atoms with van der Waals surface area (Å²) >= 11 is 0. The molecule has 0 aromatic carbocycles. The van der Waals surface area contributed by atoms with Gasteiger partial charge in [-0.05, 0) is 0 Å². The van der Waals surface area contributed by atoms with Gasteiger partial charge in [0.05, 0.1) is 18.5 Å². The fraction of sp³-hybridized carbons (Fsp3) is 0.286. The van der Waals surface area contributed by atoms with Crippen LogP contribution in [0.3, 0.4) is 0 Å². The zero-order valence-electron chi connectivity index (χ0n) is 5.75. The van der Waals surface area contributed by atoms with E-state index in [1.165, 1.54) is 6.07 Å². The molecule has 0 saturated heterocycles. The van der Waals surface area contributed by atoms with Gasteiger partial charge in [-0.1, -0.05) is 0 Å². The van der Waals surface area contributed by atoms with E-state index in [-0.39, 0.29) is 6.42 Å². The zero-order valence-corrected chi connectivity index (χ0v) is 5.75. The van der Waals surface area contributed by atoms with Gasteiger partial charge < -0.3 is 10.2 Å². The Labute approximate surface area is 63.2 Å². The van der Waals surface area contributed by atoms with Gasteiger partial charge in [-0.3, -0.25) is 0 Å². The highest BCUT2D eigenvalue weighted by molar-refractivity contribution is 5.07. The lowest BCUT2D eigenvalue weighted by molar-refractivity contribution is 0.460. The van der Waals surface area contributed by atoms with E-state index in [9.17, 15) is 4.39 Å². The third-order valence-corrected chi connectivity index (χ3v) is 1.26. The molecule has 0 bridgehead atoms. The zero-order chi connectivity index (χ0) is 8.27. The predicted molar refractivity (Wildman–Crippen MR) is 35.8 cm³/mol. The summed E-state index contributed by atoms with van der Waals surface area (Å²) in [5.74, 6) is -0.155. The molecule has 0 aliphatic rings. The molecular weight excluding hydrogens is 147 g/mol. The minimum absolute atomic E-state index is 0.132. The third-order valence-electron chi connectivity index (χ3n) is 1.26. The van der Waals surface area contributed by atoms with Crippen LogP contribution in [0.4, 0.5) is 4.39 Å². The number of nitrogens with zero attached hydrogens (tertiary/aromatic N) is 1. The molecule has 0 fully saturated rings. The summed E-state index contributed by atoms with van der Waals surface area (Å²) in [5.41, 5.74) is 5.44. The molecule has 0 radical (unpaired) electrons. The molecule has 1 heterocycles. The average molecular weight is 154 g/mol. The summed E-state index contributed by atoms with van der Waals surface area (Å²) in [6.45, 7) is 0. The quantitative estimate of drug-likeness (QED) is 0.698. The van der Waals surface area contributed by atoms with Crippen LogP contribution in [0.1, 0.15) is 18.2 Å². The molecule has 1 aromatic heterocycles. The second-order valence-corrected chi connectivity index (χ2v) is 2.14. The molecule has 58 valence electrons. The van der Waals surface area contributed by atoms with Gasteiger partial charge in [0.25, 0.3) is 0 Å². The van der Waals surface area contributed by atoms with Crippen molar-refractivity contribution in [2.75, 3.05) is 0 Å². The first-order chi connectivity index (χ1) is 5.24. The van der Waals surface area contributed by atoms with Crippen molar-refractivity contribution in [3.8, 4) is 6.07 Å². The van der Waals surface area contributed by atoms with Gasteiger partial charge in [0.1, 0.15) is 12.0 Å². The molecule has 1 rings (SSSR count). The molecule has 11 heavy (non-hydrogen) atoms. The van der Waals surface area contributed by atoms with Gasteiger partial charge >= 0.3 is 0 Å². The number of nitriles is 1. The van der Waals surface area contributed by atoms with E-state index in [1.54, 1.807) is 0 Å². The summed E-state index contributed by atoms with van der Waals surface area (Å²) < 4.78 is 17.0. The lowest BCUT2D eigenvalue weighted by Gasteiger charge is -1.99. The second kappa shape index (κ2) is 3.17. The Kier molecular flexibility index (Phi) is 2.24. The van der Waals surface area contributed by atoms with Crippen LogP contribution < -0.4 is 5.73 Å². The van der Waals surface area contributed by atoms with Gasteiger partial charge in [-0.2, -0.15) is 5.26 Å². The Morgan fingerprint density at radius 2 is 2.55 bits per heavy atom. The van der Waals surface area contributed by atoms with Crippen molar-refractivity contribution in [3.05, 3.63) is 23.9 Å². The van der Waals surface area contributed by atoms with E-state index in [2.05, 4.69) is 0 Å². The largest absolute Gasteiger partial charge is 0.464 e. The summed E-state index contributed by atoms with van der Waals surface area (Å²) in [6.07, 6.45) is 1.10. The normalized spacial score (nSPS) is 12.5. The lowest BCUT2D eigenvalue weighted by Crippen LogP contribution is -2.07. The predicted octanol–water partition coefficient (Wildman–Crippen LogP) is 1.33. The van der Waals surface area contributed by atoms with E-state index >= 15 is 0 Å². The second-order valence-electron chi connectivity index (χ2n) is 2.14. The van der Waals surface area contributed by atoms with Gasteiger partial charge in [0.15, 0.2) is 5.82 Å². The Bertz CT molecular complexity index is 276. The van der Waals surface area contributed by atoms with E-state index < -0.39 is 11.9 Å².